The first-order valence-corrected chi connectivity index (χ1v) is 10.1. The Labute approximate surface area is 171 Å². The zero-order chi connectivity index (χ0) is 20.1. The van der Waals surface area contributed by atoms with Gasteiger partial charge in [-0.05, 0) is 48.9 Å². The number of nitrogens with zero attached hydrogens (tertiary/aromatic N) is 4. The van der Waals surface area contributed by atoms with Crippen LogP contribution in [-0.2, 0) is 0 Å². The molecule has 1 heterocycles. The molecule has 7 nitrogen and oxygen atoms in total. The highest BCUT2D eigenvalue weighted by atomic mass is 35.5. The Bertz CT molecular complexity index is 753. The van der Waals surface area contributed by atoms with Gasteiger partial charge in [0.05, 0.1) is 6.04 Å². The van der Waals surface area contributed by atoms with E-state index in [1.165, 1.54) is 12.8 Å². The standard InChI is InChI=1S/C20H27ClN6O/c1-14(2)18-12-26(20(28)25-17-7-5-16(21)6-8-17)9-10-27(18)19(24-13-22)23-11-15-3-4-15/h5-8,14-15,18H,3-4,9-12H2,1-2H3,(H,23,24)(H,25,28). The molecule has 28 heavy (non-hydrogen) atoms. The van der Waals surface area contributed by atoms with Crippen LogP contribution in [0.5, 0.6) is 0 Å². The van der Waals surface area contributed by atoms with Crippen molar-refractivity contribution in [1.29, 1.82) is 5.26 Å². The molecule has 1 aliphatic carbocycles. The van der Waals surface area contributed by atoms with Crippen molar-refractivity contribution in [2.24, 2.45) is 16.8 Å². The molecule has 0 radical (unpaired) electrons. The van der Waals surface area contributed by atoms with Crippen LogP contribution in [0, 0.1) is 23.3 Å². The molecule has 2 amide bonds. The van der Waals surface area contributed by atoms with Crippen LogP contribution in [0.2, 0.25) is 5.02 Å². The summed E-state index contributed by atoms with van der Waals surface area (Å²) in [6, 6.07) is 7.04. The van der Waals surface area contributed by atoms with Crippen LogP contribution in [-0.4, -0.2) is 54.0 Å². The van der Waals surface area contributed by atoms with Gasteiger partial charge in [0.15, 0.2) is 0 Å². The van der Waals surface area contributed by atoms with Gasteiger partial charge < -0.3 is 20.4 Å². The number of anilines is 1. The summed E-state index contributed by atoms with van der Waals surface area (Å²) in [5.74, 6) is 1.62. The maximum absolute atomic E-state index is 12.7. The fourth-order valence-electron chi connectivity index (χ4n) is 3.37. The molecule has 150 valence electrons. The molecule has 1 saturated carbocycles. The molecule has 1 saturated heterocycles. The third-order valence-electron chi connectivity index (χ3n) is 5.24. The average Bonchev–Trinajstić information content (AvgIpc) is 3.51. The molecule has 1 aromatic rings. The van der Waals surface area contributed by atoms with Crippen molar-refractivity contribution in [3.8, 4) is 6.19 Å². The Morgan fingerprint density at radius 3 is 2.64 bits per heavy atom. The lowest BCUT2D eigenvalue weighted by Gasteiger charge is -2.44. The molecular formula is C20H27ClN6O. The molecule has 8 heteroatoms. The minimum Gasteiger partial charge on any atom is -0.355 e. The Morgan fingerprint density at radius 2 is 2.04 bits per heavy atom. The number of benzene rings is 1. The van der Waals surface area contributed by atoms with E-state index < -0.39 is 0 Å². The van der Waals surface area contributed by atoms with Crippen molar-refractivity contribution in [2.75, 3.05) is 31.5 Å². The summed E-state index contributed by atoms with van der Waals surface area (Å²) in [4.78, 5) is 20.7. The summed E-state index contributed by atoms with van der Waals surface area (Å²) >= 11 is 5.90. The fraction of sp³-hybridized carbons (Fsp3) is 0.550. The molecule has 1 unspecified atom stereocenters. The second-order valence-electron chi connectivity index (χ2n) is 7.75. The van der Waals surface area contributed by atoms with Gasteiger partial charge in [0.2, 0.25) is 12.2 Å². The van der Waals surface area contributed by atoms with Crippen LogP contribution in [0.3, 0.4) is 0 Å². The van der Waals surface area contributed by atoms with E-state index in [1.54, 1.807) is 24.3 Å². The summed E-state index contributed by atoms with van der Waals surface area (Å²) in [5, 5.41) is 16.0. The number of piperazine rings is 1. The van der Waals surface area contributed by atoms with Crippen molar-refractivity contribution >= 4 is 29.3 Å². The molecule has 2 N–H and O–H groups in total. The predicted molar refractivity (Wildman–Crippen MR) is 111 cm³/mol. The minimum absolute atomic E-state index is 0.0866. The van der Waals surface area contributed by atoms with E-state index in [-0.39, 0.29) is 12.1 Å². The van der Waals surface area contributed by atoms with Crippen LogP contribution in [0.4, 0.5) is 10.5 Å². The highest BCUT2D eigenvalue weighted by molar-refractivity contribution is 6.30. The van der Waals surface area contributed by atoms with E-state index >= 15 is 0 Å². The van der Waals surface area contributed by atoms with Gasteiger partial charge in [-0.15, -0.1) is 4.99 Å². The summed E-state index contributed by atoms with van der Waals surface area (Å²) in [7, 11) is 0. The lowest BCUT2D eigenvalue weighted by atomic mass is 10.00. The third kappa shape index (κ3) is 5.29. The van der Waals surface area contributed by atoms with E-state index in [0.29, 0.717) is 42.5 Å². The maximum atomic E-state index is 12.7. The average molecular weight is 403 g/mol. The van der Waals surface area contributed by atoms with Gasteiger partial charge in [0.25, 0.3) is 0 Å². The molecule has 2 fully saturated rings. The second kappa shape index (κ2) is 9.16. The minimum atomic E-state index is -0.127. The number of nitrogens with one attached hydrogen (secondary N) is 2. The molecule has 1 atom stereocenters. The van der Waals surface area contributed by atoms with Crippen LogP contribution in [0.25, 0.3) is 0 Å². The SMILES string of the molecule is CC(C)C1CN(C(=O)Nc2ccc(Cl)cc2)CCN1/C(=N\C#N)NCC1CC1. The summed E-state index contributed by atoms with van der Waals surface area (Å²) in [6.07, 6.45) is 4.39. The van der Waals surface area contributed by atoms with Gasteiger partial charge >= 0.3 is 6.03 Å². The Kier molecular flexibility index (Phi) is 6.63. The van der Waals surface area contributed by atoms with E-state index in [0.717, 1.165) is 12.2 Å². The van der Waals surface area contributed by atoms with Crippen molar-refractivity contribution in [3.63, 3.8) is 0 Å². The highest BCUT2D eigenvalue weighted by Crippen LogP contribution is 2.28. The van der Waals surface area contributed by atoms with E-state index in [2.05, 4.69) is 34.4 Å². The van der Waals surface area contributed by atoms with Crippen LogP contribution >= 0.6 is 11.6 Å². The first-order valence-electron chi connectivity index (χ1n) is 9.76. The lowest BCUT2D eigenvalue weighted by Crippen LogP contribution is -2.61. The summed E-state index contributed by atoms with van der Waals surface area (Å²) in [5.41, 5.74) is 0.718. The quantitative estimate of drug-likeness (QED) is 0.459. The summed E-state index contributed by atoms with van der Waals surface area (Å²) < 4.78 is 0. The van der Waals surface area contributed by atoms with E-state index in [1.807, 2.05) is 11.1 Å². The van der Waals surface area contributed by atoms with E-state index in [4.69, 9.17) is 16.9 Å². The number of guanidine groups is 1. The van der Waals surface area contributed by atoms with Crippen LogP contribution < -0.4 is 10.6 Å². The van der Waals surface area contributed by atoms with Gasteiger partial charge in [-0.25, -0.2) is 4.79 Å². The number of amides is 2. The summed E-state index contributed by atoms with van der Waals surface area (Å²) in [6.45, 7) is 6.88. The topological polar surface area (TPSA) is 83.8 Å². The monoisotopic (exact) mass is 402 g/mol. The van der Waals surface area contributed by atoms with Crippen molar-refractivity contribution in [3.05, 3.63) is 29.3 Å². The number of hydrogen-bond donors (Lipinski definition) is 2. The number of carbonyl (C=O) groups is 1. The molecular weight excluding hydrogens is 376 g/mol. The highest BCUT2D eigenvalue weighted by Gasteiger charge is 2.34. The smallest absolute Gasteiger partial charge is 0.321 e. The van der Waals surface area contributed by atoms with Crippen molar-refractivity contribution < 1.29 is 4.79 Å². The van der Waals surface area contributed by atoms with Crippen molar-refractivity contribution in [1.82, 2.24) is 15.1 Å². The Morgan fingerprint density at radius 1 is 1.32 bits per heavy atom. The normalized spacial score (nSPS) is 20.1. The number of rotatable bonds is 4. The van der Waals surface area contributed by atoms with E-state index in [9.17, 15) is 4.79 Å². The van der Waals surface area contributed by atoms with Crippen LogP contribution in [0.15, 0.2) is 29.3 Å². The first kappa shape index (κ1) is 20.3. The maximum Gasteiger partial charge on any atom is 0.321 e. The molecule has 3 rings (SSSR count). The molecule has 0 spiro atoms. The second-order valence-corrected chi connectivity index (χ2v) is 8.18. The zero-order valence-corrected chi connectivity index (χ0v) is 17.1. The number of hydrogen-bond acceptors (Lipinski definition) is 3. The van der Waals surface area contributed by atoms with Crippen LogP contribution in [0.1, 0.15) is 26.7 Å². The largest absolute Gasteiger partial charge is 0.355 e. The number of aliphatic imine (C=N–C) groups is 1. The van der Waals surface area contributed by atoms with Gasteiger partial charge in [0, 0.05) is 36.9 Å². The molecule has 0 bridgehead atoms. The fourth-order valence-corrected chi connectivity index (χ4v) is 3.50. The zero-order valence-electron chi connectivity index (χ0n) is 16.4. The first-order chi connectivity index (χ1) is 13.5. The molecule has 1 aromatic carbocycles. The van der Waals surface area contributed by atoms with Gasteiger partial charge in [-0.1, -0.05) is 25.4 Å². The molecule has 0 aromatic heterocycles. The number of nitriles is 1. The van der Waals surface area contributed by atoms with Gasteiger partial charge in [0.1, 0.15) is 0 Å². The molecule has 1 aliphatic heterocycles. The third-order valence-corrected chi connectivity index (χ3v) is 5.50. The Hall–Kier alpha value is -2.46. The number of halogens is 1. The van der Waals surface area contributed by atoms with Gasteiger partial charge in [-0.2, -0.15) is 5.26 Å². The molecule has 2 aliphatic rings. The lowest BCUT2D eigenvalue weighted by molar-refractivity contribution is 0.117. The van der Waals surface area contributed by atoms with Gasteiger partial charge in [-0.3, -0.25) is 0 Å². The van der Waals surface area contributed by atoms with Crippen molar-refractivity contribution in [2.45, 2.75) is 32.7 Å². The number of carbonyl (C=O) groups excluding carboxylic acids is 1. The predicted octanol–water partition coefficient (Wildman–Crippen LogP) is 3.35. The Balaban J connectivity index is 1.65. The number of urea groups is 1.